The van der Waals surface area contributed by atoms with E-state index >= 15 is 0 Å². The van der Waals surface area contributed by atoms with Crippen LogP contribution in [0.1, 0.15) is 39.7 Å². The first kappa shape index (κ1) is 20.2. The lowest BCUT2D eigenvalue weighted by Gasteiger charge is -2.29. The third-order valence-corrected chi connectivity index (χ3v) is 7.08. The van der Waals surface area contributed by atoms with Crippen LogP contribution in [0.25, 0.3) is 0 Å². The number of hydrogen-bond acceptors (Lipinski definition) is 5. The fourth-order valence-electron chi connectivity index (χ4n) is 3.09. The van der Waals surface area contributed by atoms with Gasteiger partial charge in [-0.3, -0.25) is 14.3 Å². The van der Waals surface area contributed by atoms with Gasteiger partial charge in [-0.2, -0.15) is 0 Å². The third-order valence-electron chi connectivity index (χ3n) is 4.13. The molecule has 6 heteroatoms. The minimum Gasteiger partial charge on any atom is -0.459 e. The molecule has 5 nitrogen and oxygen atoms in total. The van der Waals surface area contributed by atoms with Crippen molar-refractivity contribution in [3.63, 3.8) is 0 Å². The van der Waals surface area contributed by atoms with Crippen molar-refractivity contribution in [2.24, 2.45) is 0 Å². The molecule has 2 unspecified atom stereocenters. The highest BCUT2D eigenvalue weighted by Gasteiger charge is 2.44. The Hall–Kier alpha value is -1.16. The number of carbonyl (C=O) groups is 1. The fraction of sp³-hybridized carbons (Fsp3) is 0.632. The van der Waals surface area contributed by atoms with Crippen molar-refractivity contribution in [1.82, 2.24) is 4.90 Å². The Morgan fingerprint density at radius 3 is 2.56 bits per heavy atom. The Kier molecular flexibility index (Phi) is 6.84. The number of hydrogen-bond donors (Lipinski definition) is 0. The monoisotopic (exact) mass is 367 g/mol. The van der Waals surface area contributed by atoms with E-state index in [4.69, 9.17) is 9.26 Å². The number of carbonyl (C=O) groups excluding carboxylic acids is 1. The molecule has 0 aliphatic carbocycles. The number of ether oxygens (including phenoxy) is 1. The zero-order valence-electron chi connectivity index (χ0n) is 15.7. The van der Waals surface area contributed by atoms with Gasteiger partial charge in [0.15, 0.2) is 0 Å². The summed E-state index contributed by atoms with van der Waals surface area (Å²) in [7, 11) is -3.07. The van der Waals surface area contributed by atoms with E-state index in [2.05, 4.69) is 17.0 Å². The molecule has 0 saturated carbocycles. The second-order valence-electron chi connectivity index (χ2n) is 7.49. The van der Waals surface area contributed by atoms with Gasteiger partial charge in [-0.25, -0.2) is 0 Å². The summed E-state index contributed by atoms with van der Waals surface area (Å²) in [6.45, 7) is 9.57. The van der Waals surface area contributed by atoms with E-state index in [1.54, 1.807) is 0 Å². The molecule has 1 saturated heterocycles. The highest BCUT2D eigenvalue weighted by Crippen LogP contribution is 2.54. The normalized spacial score (nSPS) is 25.4. The Bertz CT molecular complexity index is 612. The molecule has 0 amide bonds. The van der Waals surface area contributed by atoms with E-state index in [-0.39, 0.29) is 0 Å². The minimum atomic E-state index is -3.07. The number of benzene rings is 1. The standard InChI is InChI=1S/C19H30NO4P/c1-5-23-25(22)13-9-12-20(14-16-10-7-6-8-11-16)15-17(25)18(21)24-19(2,3)4/h6-8,10-11,17H,5,9,12-15H2,1-4H3. The lowest BCUT2D eigenvalue weighted by molar-refractivity contribution is -0.154. The maximum Gasteiger partial charge on any atom is 0.320 e. The van der Waals surface area contributed by atoms with E-state index in [1.807, 2.05) is 45.9 Å². The van der Waals surface area contributed by atoms with E-state index in [0.29, 0.717) is 19.3 Å². The van der Waals surface area contributed by atoms with Crippen LogP contribution in [-0.2, 0) is 25.2 Å². The summed E-state index contributed by atoms with van der Waals surface area (Å²) in [6.07, 6.45) is 1.18. The van der Waals surface area contributed by atoms with Crippen LogP contribution in [0.15, 0.2) is 30.3 Å². The van der Waals surface area contributed by atoms with Crippen LogP contribution >= 0.6 is 7.37 Å². The summed E-state index contributed by atoms with van der Waals surface area (Å²) >= 11 is 0. The van der Waals surface area contributed by atoms with Crippen LogP contribution in [0.5, 0.6) is 0 Å². The van der Waals surface area contributed by atoms with Gasteiger partial charge in [-0.1, -0.05) is 30.3 Å². The molecule has 1 heterocycles. The number of nitrogens with zero attached hydrogens (tertiary/aromatic N) is 1. The van der Waals surface area contributed by atoms with Gasteiger partial charge in [0.05, 0.1) is 6.61 Å². The Morgan fingerprint density at radius 1 is 1.28 bits per heavy atom. The quantitative estimate of drug-likeness (QED) is 0.583. The number of rotatable bonds is 5. The SMILES string of the molecule is CCOP1(=O)CCCN(Cc2ccccc2)CC1C(=O)OC(C)(C)C. The average Bonchev–Trinajstić information content (AvgIpc) is 2.66. The highest BCUT2D eigenvalue weighted by atomic mass is 31.2. The summed E-state index contributed by atoms with van der Waals surface area (Å²) < 4.78 is 24.5. The summed E-state index contributed by atoms with van der Waals surface area (Å²) in [5, 5.41) is 0. The lowest BCUT2D eigenvalue weighted by Crippen LogP contribution is -2.39. The van der Waals surface area contributed by atoms with Crippen LogP contribution < -0.4 is 0 Å². The van der Waals surface area contributed by atoms with Gasteiger partial charge in [0.25, 0.3) is 0 Å². The molecular formula is C19H30NO4P. The van der Waals surface area contributed by atoms with Crippen LogP contribution in [0, 0.1) is 0 Å². The molecule has 0 N–H and O–H groups in total. The van der Waals surface area contributed by atoms with Gasteiger partial charge in [0.1, 0.15) is 11.3 Å². The van der Waals surface area contributed by atoms with Crippen molar-refractivity contribution in [3.05, 3.63) is 35.9 Å². The predicted octanol–water partition coefficient (Wildman–Crippen LogP) is 3.92. The topological polar surface area (TPSA) is 55.8 Å². The first-order valence-corrected chi connectivity index (χ1v) is 10.8. The zero-order valence-corrected chi connectivity index (χ0v) is 16.6. The van der Waals surface area contributed by atoms with Crippen molar-refractivity contribution >= 4 is 13.3 Å². The van der Waals surface area contributed by atoms with Gasteiger partial charge in [0.2, 0.25) is 7.37 Å². The second kappa shape index (κ2) is 8.48. The van der Waals surface area contributed by atoms with E-state index < -0.39 is 24.6 Å². The molecule has 2 rings (SSSR count). The van der Waals surface area contributed by atoms with Crippen LogP contribution in [0.3, 0.4) is 0 Å². The Balaban J connectivity index is 2.20. The fourth-order valence-corrected chi connectivity index (χ4v) is 5.59. The molecular weight excluding hydrogens is 337 g/mol. The molecule has 0 aromatic heterocycles. The second-order valence-corrected chi connectivity index (χ2v) is 10.3. The molecule has 1 aromatic carbocycles. The summed E-state index contributed by atoms with van der Waals surface area (Å²) in [6, 6.07) is 10.1. The highest BCUT2D eigenvalue weighted by molar-refractivity contribution is 7.60. The summed E-state index contributed by atoms with van der Waals surface area (Å²) in [5.74, 6) is -0.413. The van der Waals surface area contributed by atoms with Gasteiger partial charge >= 0.3 is 5.97 Å². The molecule has 0 bridgehead atoms. The summed E-state index contributed by atoms with van der Waals surface area (Å²) in [5.41, 5.74) is -0.151. The molecule has 25 heavy (non-hydrogen) atoms. The largest absolute Gasteiger partial charge is 0.459 e. The lowest BCUT2D eigenvalue weighted by atomic mass is 10.2. The van der Waals surface area contributed by atoms with Crippen LogP contribution in [0.2, 0.25) is 0 Å². The van der Waals surface area contributed by atoms with Crippen molar-refractivity contribution < 1.29 is 18.6 Å². The first-order chi connectivity index (χ1) is 11.7. The molecule has 1 aromatic rings. The maximum atomic E-state index is 13.4. The van der Waals surface area contributed by atoms with E-state index in [9.17, 15) is 9.36 Å². The van der Waals surface area contributed by atoms with Gasteiger partial charge < -0.3 is 9.26 Å². The third kappa shape index (κ3) is 5.95. The summed E-state index contributed by atoms with van der Waals surface area (Å²) in [4.78, 5) is 14.9. The van der Waals surface area contributed by atoms with E-state index in [1.165, 1.54) is 5.56 Å². The van der Waals surface area contributed by atoms with Crippen LogP contribution in [0.4, 0.5) is 0 Å². The Morgan fingerprint density at radius 2 is 1.96 bits per heavy atom. The van der Waals surface area contributed by atoms with Crippen molar-refractivity contribution in [3.8, 4) is 0 Å². The molecule has 140 valence electrons. The molecule has 1 fully saturated rings. The number of esters is 1. The smallest absolute Gasteiger partial charge is 0.320 e. The van der Waals surface area contributed by atoms with Gasteiger partial charge in [0, 0.05) is 19.3 Å². The molecule has 0 radical (unpaired) electrons. The van der Waals surface area contributed by atoms with E-state index in [0.717, 1.165) is 19.5 Å². The van der Waals surface area contributed by atoms with Crippen molar-refractivity contribution in [1.29, 1.82) is 0 Å². The minimum absolute atomic E-state index is 0.343. The van der Waals surface area contributed by atoms with Gasteiger partial charge in [-0.05, 0) is 46.2 Å². The maximum absolute atomic E-state index is 13.4. The molecule has 1 aliphatic rings. The van der Waals surface area contributed by atoms with Gasteiger partial charge in [-0.15, -0.1) is 0 Å². The van der Waals surface area contributed by atoms with Crippen molar-refractivity contribution in [2.75, 3.05) is 25.9 Å². The predicted molar refractivity (Wildman–Crippen MR) is 100 cm³/mol. The molecule has 0 spiro atoms. The van der Waals surface area contributed by atoms with Crippen LogP contribution in [-0.4, -0.2) is 48.0 Å². The van der Waals surface area contributed by atoms with Crippen molar-refractivity contribution in [2.45, 2.75) is 51.9 Å². The molecule has 1 aliphatic heterocycles. The first-order valence-electron chi connectivity index (χ1n) is 8.96. The zero-order chi connectivity index (χ0) is 18.5. The average molecular weight is 367 g/mol. The Labute approximate surface area is 151 Å². The molecule has 2 atom stereocenters.